The molecule has 0 aliphatic heterocycles. The quantitative estimate of drug-likeness (QED) is 0.710. The van der Waals surface area contributed by atoms with Crippen LogP contribution in [0.3, 0.4) is 0 Å². The molecule has 1 aromatic heterocycles. The molecule has 1 heterocycles. The van der Waals surface area contributed by atoms with Crippen molar-refractivity contribution in [2.75, 3.05) is 6.26 Å². The first-order chi connectivity index (χ1) is 5.41. The fourth-order valence-corrected chi connectivity index (χ4v) is 2.03. The minimum Gasteiger partial charge on any atom is -0.294 e. The Labute approximate surface area is 73.8 Å². The number of nitrogens with zero attached hydrogens (tertiary/aromatic N) is 1. The van der Waals surface area contributed by atoms with E-state index in [9.17, 15) is 9.11 Å². The van der Waals surface area contributed by atoms with Crippen molar-refractivity contribution in [2.45, 2.75) is 18.9 Å². The Balaban J connectivity index is 3.19. The zero-order valence-corrected chi connectivity index (χ0v) is 8.22. The first-order valence-electron chi connectivity index (χ1n) is 3.58. The molecular weight excluding hydrogens is 174 g/mol. The Kier molecular flexibility index (Phi) is 2.41. The van der Waals surface area contributed by atoms with E-state index in [0.29, 0.717) is 5.03 Å². The summed E-state index contributed by atoms with van der Waals surface area (Å²) in [5, 5.41) is 0.396. The van der Waals surface area contributed by atoms with Crippen molar-refractivity contribution >= 4 is 10.6 Å². The number of hydrogen-bond donors (Lipinski definition) is 2. The van der Waals surface area contributed by atoms with Gasteiger partial charge in [-0.1, -0.05) is 6.07 Å². The fourth-order valence-electron chi connectivity index (χ4n) is 1.11. The Hall–Kier alpha value is -0.580. The van der Waals surface area contributed by atoms with Crippen LogP contribution in [-0.4, -0.2) is 20.3 Å². The lowest BCUT2D eigenvalue weighted by atomic mass is 10.2. The highest BCUT2D eigenvalue weighted by atomic mass is 32.3. The van der Waals surface area contributed by atoms with Gasteiger partial charge < -0.3 is 0 Å². The van der Waals surface area contributed by atoms with Gasteiger partial charge in [0.1, 0.15) is 5.03 Å². The van der Waals surface area contributed by atoms with E-state index in [2.05, 4.69) is 4.98 Å². The summed E-state index contributed by atoms with van der Waals surface area (Å²) >= 11 is 0. The number of aryl methyl sites for hydroxylation is 2. The molecule has 68 valence electrons. The molecule has 2 N–H and O–H groups in total. The zero-order chi connectivity index (χ0) is 9.35. The monoisotopic (exact) mass is 187 g/mol. The molecule has 0 saturated heterocycles. The van der Waals surface area contributed by atoms with Gasteiger partial charge >= 0.3 is 0 Å². The first-order valence-corrected chi connectivity index (χ1v) is 5.53. The van der Waals surface area contributed by atoms with Gasteiger partial charge in [0, 0.05) is 12.5 Å². The molecule has 0 radical (unpaired) electrons. The van der Waals surface area contributed by atoms with Crippen molar-refractivity contribution in [2.24, 2.45) is 0 Å². The Morgan fingerprint density at radius 3 is 2.33 bits per heavy atom. The predicted molar refractivity (Wildman–Crippen MR) is 50.7 cm³/mol. The third-order valence-electron chi connectivity index (χ3n) is 1.53. The smallest absolute Gasteiger partial charge is 0.149 e. The molecule has 0 amide bonds. The number of rotatable bonds is 1. The average Bonchev–Trinajstić information content (AvgIpc) is 1.83. The second-order valence-corrected chi connectivity index (χ2v) is 5.02. The van der Waals surface area contributed by atoms with E-state index in [4.69, 9.17) is 0 Å². The number of pyridine rings is 1. The van der Waals surface area contributed by atoms with Gasteiger partial charge in [-0.15, -0.1) is 0 Å². The lowest BCUT2D eigenvalue weighted by molar-refractivity contribution is 0.490. The van der Waals surface area contributed by atoms with Crippen LogP contribution in [0.15, 0.2) is 17.3 Å². The van der Waals surface area contributed by atoms with E-state index < -0.39 is 10.6 Å². The van der Waals surface area contributed by atoms with Crippen molar-refractivity contribution in [1.29, 1.82) is 0 Å². The minimum atomic E-state index is -2.66. The summed E-state index contributed by atoms with van der Waals surface area (Å²) in [6.07, 6.45) is 3.03. The van der Waals surface area contributed by atoms with Crippen LogP contribution in [0, 0.1) is 13.8 Å². The molecule has 1 rings (SSSR count). The van der Waals surface area contributed by atoms with Gasteiger partial charge in [-0.3, -0.25) is 9.11 Å². The van der Waals surface area contributed by atoms with Crippen LogP contribution in [0.5, 0.6) is 0 Å². The average molecular weight is 187 g/mol. The topological polar surface area (TPSA) is 53.4 Å². The molecule has 12 heavy (non-hydrogen) atoms. The van der Waals surface area contributed by atoms with Gasteiger partial charge in [0.25, 0.3) is 0 Å². The molecule has 3 nitrogen and oxygen atoms in total. The predicted octanol–water partition coefficient (Wildman–Crippen LogP) is 2.44. The minimum absolute atomic E-state index is 0.396. The maximum absolute atomic E-state index is 9.34. The SMILES string of the molecule is Cc1cnc(S(C)(O)O)c(C)c1. The van der Waals surface area contributed by atoms with Crippen LogP contribution in [0.1, 0.15) is 11.1 Å². The van der Waals surface area contributed by atoms with Crippen LogP contribution in [0.4, 0.5) is 0 Å². The van der Waals surface area contributed by atoms with Gasteiger partial charge in [-0.2, -0.15) is 10.6 Å². The van der Waals surface area contributed by atoms with Crippen molar-refractivity contribution in [1.82, 2.24) is 4.98 Å². The molecule has 0 spiro atoms. The fraction of sp³-hybridized carbons (Fsp3) is 0.375. The lowest BCUT2D eigenvalue weighted by Gasteiger charge is -2.27. The molecule has 0 aliphatic rings. The van der Waals surface area contributed by atoms with Crippen LogP contribution in [0.2, 0.25) is 0 Å². The van der Waals surface area contributed by atoms with Crippen molar-refractivity contribution < 1.29 is 9.11 Å². The molecule has 0 unspecified atom stereocenters. The molecule has 0 aliphatic carbocycles. The summed E-state index contributed by atoms with van der Waals surface area (Å²) in [5.74, 6) is 0. The normalized spacial score (nSPS) is 13.1. The van der Waals surface area contributed by atoms with E-state index in [-0.39, 0.29) is 0 Å². The summed E-state index contributed by atoms with van der Waals surface area (Å²) in [6, 6.07) is 1.89. The van der Waals surface area contributed by atoms with E-state index in [0.717, 1.165) is 11.1 Å². The highest BCUT2D eigenvalue weighted by Gasteiger charge is 2.12. The van der Waals surface area contributed by atoms with E-state index in [1.807, 2.05) is 19.9 Å². The Morgan fingerprint density at radius 2 is 1.92 bits per heavy atom. The molecule has 1 aromatic rings. The third kappa shape index (κ3) is 1.97. The summed E-state index contributed by atoms with van der Waals surface area (Å²) in [7, 11) is -2.66. The Morgan fingerprint density at radius 1 is 1.33 bits per heavy atom. The summed E-state index contributed by atoms with van der Waals surface area (Å²) in [4.78, 5) is 3.99. The maximum atomic E-state index is 9.34. The van der Waals surface area contributed by atoms with Crippen LogP contribution in [0.25, 0.3) is 0 Å². The lowest BCUT2D eigenvalue weighted by Crippen LogP contribution is -2.00. The zero-order valence-electron chi connectivity index (χ0n) is 7.40. The largest absolute Gasteiger partial charge is 0.294 e. The number of aromatic nitrogens is 1. The number of hydrogen-bond acceptors (Lipinski definition) is 3. The van der Waals surface area contributed by atoms with Crippen molar-refractivity contribution in [3.8, 4) is 0 Å². The highest BCUT2D eigenvalue weighted by Crippen LogP contribution is 2.44. The molecule has 0 atom stereocenters. The molecule has 0 fully saturated rings. The van der Waals surface area contributed by atoms with Gasteiger partial charge in [0.15, 0.2) is 0 Å². The standard InChI is InChI=1S/C8H13NO2S/c1-6-4-7(2)8(9-5-6)12(3,10)11/h4-5,10-11H,1-3H3. The first kappa shape index (κ1) is 9.51. The van der Waals surface area contributed by atoms with Gasteiger partial charge in [0.05, 0.1) is 0 Å². The second-order valence-electron chi connectivity index (χ2n) is 2.97. The molecule has 0 saturated carbocycles. The summed E-state index contributed by atoms with van der Waals surface area (Å²) in [5.41, 5.74) is 1.86. The van der Waals surface area contributed by atoms with Gasteiger partial charge in [-0.05, 0) is 25.0 Å². The highest BCUT2D eigenvalue weighted by molar-refractivity contribution is 8.23. The maximum Gasteiger partial charge on any atom is 0.149 e. The van der Waals surface area contributed by atoms with E-state index in [1.165, 1.54) is 6.26 Å². The van der Waals surface area contributed by atoms with E-state index in [1.54, 1.807) is 6.20 Å². The summed E-state index contributed by atoms with van der Waals surface area (Å²) < 4.78 is 18.7. The van der Waals surface area contributed by atoms with Gasteiger partial charge in [0.2, 0.25) is 0 Å². The van der Waals surface area contributed by atoms with Crippen LogP contribution >= 0.6 is 10.6 Å². The molecule has 0 bridgehead atoms. The third-order valence-corrected chi connectivity index (χ3v) is 2.69. The van der Waals surface area contributed by atoms with Gasteiger partial charge in [-0.25, -0.2) is 4.98 Å². The van der Waals surface area contributed by atoms with Crippen molar-refractivity contribution in [3.05, 3.63) is 23.4 Å². The van der Waals surface area contributed by atoms with E-state index >= 15 is 0 Å². The molecular formula is C8H13NO2S. The summed E-state index contributed by atoms with van der Waals surface area (Å²) in [6.45, 7) is 3.75. The Bertz CT molecular complexity index is 294. The second kappa shape index (κ2) is 3.05. The van der Waals surface area contributed by atoms with Crippen LogP contribution in [-0.2, 0) is 0 Å². The molecule has 0 aromatic carbocycles. The molecule has 4 heteroatoms. The van der Waals surface area contributed by atoms with Crippen LogP contribution < -0.4 is 0 Å². The van der Waals surface area contributed by atoms with Crippen molar-refractivity contribution in [3.63, 3.8) is 0 Å².